The Labute approximate surface area is 127 Å². The summed E-state index contributed by atoms with van der Waals surface area (Å²) in [7, 11) is 0. The van der Waals surface area contributed by atoms with Gasteiger partial charge in [-0.1, -0.05) is 6.92 Å². The number of hydrogen-bond donors (Lipinski definition) is 1. The van der Waals surface area contributed by atoms with Crippen LogP contribution in [-0.2, 0) is 9.53 Å². The number of carbonyl (C=O) groups is 2. The minimum Gasteiger partial charge on any atom is -0.481 e. The Morgan fingerprint density at radius 1 is 1.57 bits per heavy atom. The molecule has 1 unspecified atom stereocenters. The molecule has 0 aromatic carbocycles. The zero-order valence-corrected chi connectivity index (χ0v) is 13.1. The number of ether oxygens (including phenoxy) is 1. The summed E-state index contributed by atoms with van der Waals surface area (Å²) < 4.78 is 5.00. The van der Waals surface area contributed by atoms with E-state index in [1.807, 2.05) is 13.0 Å². The topological polar surface area (TPSA) is 90.6 Å². The van der Waals surface area contributed by atoms with Crippen molar-refractivity contribution in [2.24, 2.45) is 5.92 Å². The van der Waals surface area contributed by atoms with Gasteiger partial charge in [-0.3, -0.25) is 4.79 Å². The maximum Gasteiger partial charge on any atom is 0.341 e. The first-order valence-electron chi connectivity index (χ1n) is 6.52. The summed E-state index contributed by atoms with van der Waals surface area (Å²) in [4.78, 5) is 25.5. The molecule has 6 nitrogen and oxygen atoms in total. The lowest BCUT2D eigenvalue weighted by Crippen LogP contribution is -2.32. The van der Waals surface area contributed by atoms with E-state index in [0.717, 1.165) is 4.88 Å². The molecule has 0 aliphatic rings. The number of rotatable bonds is 7. The summed E-state index contributed by atoms with van der Waals surface area (Å²) in [6.45, 7) is 5.58. The monoisotopic (exact) mass is 310 g/mol. The van der Waals surface area contributed by atoms with Crippen LogP contribution in [0.1, 0.15) is 29.1 Å². The van der Waals surface area contributed by atoms with E-state index in [-0.39, 0.29) is 19.7 Å². The van der Waals surface area contributed by atoms with Crippen molar-refractivity contribution < 1.29 is 19.4 Å². The van der Waals surface area contributed by atoms with Gasteiger partial charge in [0.2, 0.25) is 0 Å². The van der Waals surface area contributed by atoms with Gasteiger partial charge in [0, 0.05) is 11.4 Å². The fraction of sp³-hybridized carbons (Fsp3) is 0.500. The Morgan fingerprint density at radius 3 is 2.76 bits per heavy atom. The predicted octanol–water partition coefficient (Wildman–Crippen LogP) is 2.28. The molecule has 21 heavy (non-hydrogen) atoms. The summed E-state index contributed by atoms with van der Waals surface area (Å²) in [5, 5.41) is 18.5. The van der Waals surface area contributed by atoms with Gasteiger partial charge in [0.25, 0.3) is 0 Å². The van der Waals surface area contributed by atoms with Gasteiger partial charge in [0.1, 0.15) is 11.5 Å². The van der Waals surface area contributed by atoms with Gasteiger partial charge in [-0.15, -0.1) is 11.3 Å². The molecular weight excluding hydrogens is 292 g/mol. The zero-order chi connectivity index (χ0) is 16.0. The molecule has 114 valence electrons. The molecule has 0 spiro atoms. The van der Waals surface area contributed by atoms with Crippen molar-refractivity contribution in [3.8, 4) is 6.07 Å². The van der Waals surface area contributed by atoms with Crippen LogP contribution in [0.4, 0.5) is 5.00 Å². The van der Waals surface area contributed by atoms with Gasteiger partial charge in [-0.2, -0.15) is 5.26 Å². The van der Waals surface area contributed by atoms with Gasteiger partial charge in [0.15, 0.2) is 0 Å². The lowest BCUT2D eigenvalue weighted by molar-refractivity contribution is -0.140. The highest BCUT2D eigenvalue weighted by Gasteiger charge is 2.24. The Hall–Kier alpha value is -2.07. The number of esters is 1. The van der Waals surface area contributed by atoms with Crippen molar-refractivity contribution in [2.45, 2.75) is 20.8 Å². The fourth-order valence-corrected chi connectivity index (χ4v) is 2.81. The smallest absolute Gasteiger partial charge is 0.341 e. The second-order valence-electron chi connectivity index (χ2n) is 4.57. The Bertz CT molecular complexity index is 562. The number of aryl methyl sites for hydroxylation is 1. The van der Waals surface area contributed by atoms with Crippen LogP contribution in [0.15, 0.2) is 6.07 Å². The highest BCUT2D eigenvalue weighted by molar-refractivity contribution is 7.16. The number of carboxylic acid groups (broad SMARTS) is 1. The van der Waals surface area contributed by atoms with Crippen molar-refractivity contribution in [1.82, 2.24) is 0 Å². The van der Waals surface area contributed by atoms with Gasteiger partial charge in [-0.25, -0.2) is 4.79 Å². The molecule has 0 saturated heterocycles. The molecule has 1 rings (SSSR count). The third-order valence-electron chi connectivity index (χ3n) is 2.80. The minimum absolute atomic E-state index is 0.0178. The third-order valence-corrected chi connectivity index (χ3v) is 3.91. The van der Waals surface area contributed by atoms with E-state index < -0.39 is 17.9 Å². The number of nitriles is 1. The molecular formula is C14H18N2O4S. The molecule has 1 heterocycles. The second kappa shape index (κ2) is 7.64. The summed E-state index contributed by atoms with van der Waals surface area (Å²) >= 11 is 1.35. The fourth-order valence-electron chi connectivity index (χ4n) is 1.81. The van der Waals surface area contributed by atoms with Crippen LogP contribution in [0.3, 0.4) is 0 Å². The number of nitrogens with zero attached hydrogens (tertiary/aromatic N) is 2. The summed E-state index contributed by atoms with van der Waals surface area (Å²) in [5.74, 6) is -2.04. The highest BCUT2D eigenvalue weighted by Crippen LogP contribution is 2.32. The minimum atomic E-state index is -0.941. The van der Waals surface area contributed by atoms with Crippen molar-refractivity contribution in [2.75, 3.05) is 24.6 Å². The number of hydrogen-bond acceptors (Lipinski definition) is 6. The van der Waals surface area contributed by atoms with E-state index in [1.54, 1.807) is 24.8 Å². The summed E-state index contributed by atoms with van der Waals surface area (Å²) in [5.41, 5.74) is 0.382. The predicted molar refractivity (Wildman–Crippen MR) is 79.6 cm³/mol. The summed E-state index contributed by atoms with van der Waals surface area (Å²) in [6, 6.07) is 3.71. The molecule has 0 aliphatic heterocycles. The average molecular weight is 310 g/mol. The average Bonchev–Trinajstić information content (AvgIpc) is 2.80. The number of carboxylic acids is 1. The molecule has 0 amide bonds. The number of carbonyl (C=O) groups excluding carboxylic acids is 1. The first-order valence-corrected chi connectivity index (χ1v) is 7.34. The molecule has 7 heteroatoms. The second-order valence-corrected chi connectivity index (χ2v) is 5.81. The standard InChI is InChI=1S/C14H18N2O4S/c1-4-20-14(19)11-7-10(3)21-12(11)16(6-5-15)8-9(2)13(17)18/h7,9H,4,6,8H2,1-3H3,(H,17,18). The van der Waals surface area contributed by atoms with Crippen LogP contribution in [0.25, 0.3) is 0 Å². The van der Waals surface area contributed by atoms with E-state index >= 15 is 0 Å². The quantitative estimate of drug-likeness (QED) is 0.614. The van der Waals surface area contributed by atoms with Crippen LogP contribution in [-0.4, -0.2) is 36.7 Å². The maximum absolute atomic E-state index is 12.0. The van der Waals surface area contributed by atoms with Crippen LogP contribution in [0, 0.1) is 24.2 Å². The number of thiophene rings is 1. The van der Waals surface area contributed by atoms with E-state index in [1.165, 1.54) is 11.3 Å². The molecule has 0 fully saturated rings. The van der Waals surface area contributed by atoms with E-state index in [0.29, 0.717) is 10.6 Å². The van der Waals surface area contributed by atoms with E-state index in [4.69, 9.17) is 15.1 Å². The van der Waals surface area contributed by atoms with Gasteiger partial charge in [-0.05, 0) is 19.9 Å². The number of aliphatic carboxylic acids is 1. The molecule has 0 saturated carbocycles. The van der Waals surface area contributed by atoms with E-state index in [2.05, 4.69) is 0 Å². The highest BCUT2D eigenvalue weighted by atomic mass is 32.1. The molecule has 0 bridgehead atoms. The third kappa shape index (κ3) is 4.46. The molecule has 0 radical (unpaired) electrons. The van der Waals surface area contributed by atoms with E-state index in [9.17, 15) is 9.59 Å². The molecule has 1 atom stereocenters. The lowest BCUT2D eigenvalue weighted by atomic mass is 10.1. The first kappa shape index (κ1) is 17.0. The molecule has 1 aromatic heterocycles. The summed E-state index contributed by atoms with van der Waals surface area (Å²) in [6.07, 6.45) is 0. The van der Waals surface area contributed by atoms with Gasteiger partial charge in [0.05, 0.1) is 24.2 Å². The van der Waals surface area contributed by atoms with Crippen molar-refractivity contribution >= 4 is 28.3 Å². The van der Waals surface area contributed by atoms with Crippen LogP contribution < -0.4 is 4.90 Å². The Kier molecular flexibility index (Phi) is 6.18. The molecule has 1 aromatic rings. The van der Waals surface area contributed by atoms with Gasteiger partial charge >= 0.3 is 11.9 Å². The van der Waals surface area contributed by atoms with Crippen LogP contribution in [0.2, 0.25) is 0 Å². The molecule has 0 aliphatic carbocycles. The number of anilines is 1. The molecule has 1 N–H and O–H groups in total. The maximum atomic E-state index is 12.0. The van der Waals surface area contributed by atoms with Crippen molar-refractivity contribution in [3.05, 3.63) is 16.5 Å². The first-order chi connectivity index (χ1) is 9.90. The van der Waals surface area contributed by atoms with Crippen molar-refractivity contribution in [1.29, 1.82) is 5.26 Å². The zero-order valence-electron chi connectivity index (χ0n) is 12.3. The Morgan fingerprint density at radius 2 is 2.24 bits per heavy atom. The largest absolute Gasteiger partial charge is 0.481 e. The lowest BCUT2D eigenvalue weighted by Gasteiger charge is -2.23. The van der Waals surface area contributed by atoms with Crippen molar-refractivity contribution in [3.63, 3.8) is 0 Å². The van der Waals surface area contributed by atoms with Crippen LogP contribution >= 0.6 is 11.3 Å². The van der Waals surface area contributed by atoms with Gasteiger partial charge < -0.3 is 14.7 Å². The normalized spacial score (nSPS) is 11.5. The SMILES string of the molecule is CCOC(=O)c1cc(C)sc1N(CC#N)CC(C)C(=O)O. The Balaban J connectivity index is 3.10. The van der Waals surface area contributed by atoms with Crippen LogP contribution in [0.5, 0.6) is 0 Å².